The van der Waals surface area contributed by atoms with Crippen LogP contribution >= 0.6 is 11.8 Å². The largest absolute Gasteiger partial charge is 0.293 e. The number of hydrogen-bond donors (Lipinski definition) is 0. The van der Waals surface area contributed by atoms with Gasteiger partial charge in [-0.3, -0.25) is 4.79 Å². The summed E-state index contributed by atoms with van der Waals surface area (Å²) in [4.78, 5) is 20.4. The summed E-state index contributed by atoms with van der Waals surface area (Å²) in [5.41, 5.74) is 4.11. The summed E-state index contributed by atoms with van der Waals surface area (Å²) in [5, 5.41) is 0.641. The van der Waals surface area contributed by atoms with Crippen molar-refractivity contribution >= 4 is 17.5 Å². The van der Waals surface area contributed by atoms with E-state index in [1.165, 1.54) is 17.3 Å². The summed E-state index contributed by atoms with van der Waals surface area (Å²) in [7, 11) is 0. The van der Waals surface area contributed by atoms with Gasteiger partial charge >= 0.3 is 0 Å². The molecule has 0 atom stereocenters. The molecular formula is C15H16N2OS. The van der Waals surface area contributed by atoms with Crippen LogP contribution in [0.5, 0.6) is 0 Å². The number of ketones is 1. The standard InChI is InChI=1S/C15H16N2OS/c1-10-7-16-15(17-8-10)19-9-14(18)13-5-4-11(2)12(3)6-13/h4-8H,9H2,1-3H3. The lowest BCUT2D eigenvalue weighted by Gasteiger charge is -2.04. The number of aromatic nitrogens is 2. The van der Waals surface area contributed by atoms with Crippen molar-refractivity contribution in [1.82, 2.24) is 9.97 Å². The highest BCUT2D eigenvalue weighted by molar-refractivity contribution is 7.99. The smallest absolute Gasteiger partial charge is 0.187 e. The van der Waals surface area contributed by atoms with E-state index in [1.54, 1.807) is 12.4 Å². The number of aryl methyl sites for hydroxylation is 3. The van der Waals surface area contributed by atoms with Crippen LogP contribution in [0.2, 0.25) is 0 Å². The van der Waals surface area contributed by atoms with Crippen molar-refractivity contribution in [2.45, 2.75) is 25.9 Å². The van der Waals surface area contributed by atoms with Gasteiger partial charge in [0.25, 0.3) is 0 Å². The highest BCUT2D eigenvalue weighted by Gasteiger charge is 2.08. The van der Waals surface area contributed by atoms with Crippen molar-refractivity contribution in [2.75, 3.05) is 5.75 Å². The molecule has 0 bridgehead atoms. The molecule has 2 rings (SSSR count). The molecule has 98 valence electrons. The molecule has 0 radical (unpaired) electrons. The predicted octanol–water partition coefficient (Wildman–Crippen LogP) is 3.38. The van der Waals surface area contributed by atoms with Crippen LogP contribution in [0.4, 0.5) is 0 Å². The first-order valence-electron chi connectivity index (χ1n) is 6.08. The van der Waals surface area contributed by atoms with E-state index in [4.69, 9.17) is 0 Å². The molecule has 0 saturated carbocycles. The number of carbonyl (C=O) groups is 1. The zero-order valence-electron chi connectivity index (χ0n) is 11.3. The number of nitrogens with zero attached hydrogens (tertiary/aromatic N) is 2. The van der Waals surface area contributed by atoms with Crippen LogP contribution in [0.1, 0.15) is 27.0 Å². The molecule has 0 aliphatic carbocycles. The lowest BCUT2D eigenvalue weighted by molar-refractivity contribution is 0.102. The molecular weight excluding hydrogens is 256 g/mol. The van der Waals surface area contributed by atoms with Crippen LogP contribution in [-0.2, 0) is 0 Å². The molecule has 0 spiro atoms. The van der Waals surface area contributed by atoms with Gasteiger partial charge in [0.2, 0.25) is 0 Å². The Labute approximate surface area is 117 Å². The summed E-state index contributed by atoms with van der Waals surface area (Å²) in [6.45, 7) is 6.00. The van der Waals surface area contributed by atoms with E-state index in [0.717, 1.165) is 16.7 Å². The average Bonchev–Trinajstić information content (AvgIpc) is 2.41. The number of carbonyl (C=O) groups excluding carboxylic acids is 1. The van der Waals surface area contributed by atoms with Gasteiger partial charge < -0.3 is 0 Å². The maximum atomic E-state index is 12.1. The number of benzene rings is 1. The highest BCUT2D eigenvalue weighted by atomic mass is 32.2. The second-order valence-electron chi connectivity index (χ2n) is 4.55. The fraction of sp³-hybridized carbons (Fsp3) is 0.267. The highest BCUT2D eigenvalue weighted by Crippen LogP contribution is 2.16. The Morgan fingerprint density at radius 1 is 1.11 bits per heavy atom. The molecule has 0 unspecified atom stereocenters. The van der Waals surface area contributed by atoms with Crippen LogP contribution in [-0.4, -0.2) is 21.5 Å². The van der Waals surface area contributed by atoms with E-state index < -0.39 is 0 Å². The van der Waals surface area contributed by atoms with E-state index >= 15 is 0 Å². The zero-order valence-corrected chi connectivity index (χ0v) is 12.1. The van der Waals surface area contributed by atoms with Crippen molar-refractivity contribution < 1.29 is 4.79 Å². The van der Waals surface area contributed by atoms with Gasteiger partial charge in [-0.15, -0.1) is 0 Å². The number of thioether (sulfide) groups is 1. The maximum absolute atomic E-state index is 12.1. The van der Waals surface area contributed by atoms with Crippen molar-refractivity contribution in [1.29, 1.82) is 0 Å². The van der Waals surface area contributed by atoms with Crippen LogP contribution < -0.4 is 0 Å². The van der Waals surface area contributed by atoms with Crippen molar-refractivity contribution in [3.63, 3.8) is 0 Å². The van der Waals surface area contributed by atoms with Gasteiger partial charge in [-0.05, 0) is 43.5 Å². The maximum Gasteiger partial charge on any atom is 0.187 e. The average molecular weight is 272 g/mol. The minimum Gasteiger partial charge on any atom is -0.293 e. The van der Waals surface area contributed by atoms with Crippen molar-refractivity contribution in [3.05, 3.63) is 52.8 Å². The third-order valence-electron chi connectivity index (χ3n) is 2.92. The summed E-state index contributed by atoms with van der Waals surface area (Å²) in [6.07, 6.45) is 3.52. The molecule has 0 aliphatic heterocycles. The Balaban J connectivity index is 2.01. The number of hydrogen-bond acceptors (Lipinski definition) is 4. The molecule has 4 heteroatoms. The summed E-state index contributed by atoms with van der Waals surface area (Å²) in [5.74, 6) is 0.475. The first-order valence-corrected chi connectivity index (χ1v) is 7.07. The van der Waals surface area contributed by atoms with E-state index in [-0.39, 0.29) is 5.78 Å². The van der Waals surface area contributed by atoms with Gasteiger partial charge in [-0.2, -0.15) is 0 Å². The molecule has 0 N–H and O–H groups in total. The molecule has 1 heterocycles. The van der Waals surface area contributed by atoms with Crippen LogP contribution in [0, 0.1) is 20.8 Å². The van der Waals surface area contributed by atoms with Crippen molar-refractivity contribution in [2.24, 2.45) is 0 Å². The SMILES string of the molecule is Cc1cnc(SCC(=O)c2ccc(C)c(C)c2)nc1. The van der Waals surface area contributed by atoms with E-state index in [2.05, 4.69) is 9.97 Å². The van der Waals surface area contributed by atoms with Gasteiger partial charge in [-0.25, -0.2) is 9.97 Å². The lowest BCUT2D eigenvalue weighted by Crippen LogP contribution is -2.04. The summed E-state index contributed by atoms with van der Waals surface area (Å²) < 4.78 is 0. The van der Waals surface area contributed by atoms with Gasteiger partial charge in [0.1, 0.15) is 0 Å². The van der Waals surface area contributed by atoms with E-state index in [1.807, 2.05) is 39.0 Å². The zero-order chi connectivity index (χ0) is 13.8. The third kappa shape index (κ3) is 3.64. The van der Waals surface area contributed by atoms with Gasteiger partial charge in [0.15, 0.2) is 10.9 Å². The molecule has 1 aromatic carbocycles. The number of rotatable bonds is 4. The molecule has 2 aromatic rings. The fourth-order valence-electron chi connectivity index (χ4n) is 1.58. The summed E-state index contributed by atoms with van der Waals surface area (Å²) in [6, 6.07) is 5.80. The first-order chi connectivity index (χ1) is 9.06. The molecule has 1 aromatic heterocycles. The lowest BCUT2D eigenvalue weighted by atomic mass is 10.0. The second-order valence-corrected chi connectivity index (χ2v) is 5.50. The van der Waals surface area contributed by atoms with Crippen molar-refractivity contribution in [3.8, 4) is 0 Å². The van der Waals surface area contributed by atoms with Crippen LogP contribution in [0.25, 0.3) is 0 Å². The first kappa shape index (κ1) is 13.7. The van der Waals surface area contributed by atoms with E-state index in [0.29, 0.717) is 10.9 Å². The fourth-order valence-corrected chi connectivity index (χ4v) is 2.26. The Hall–Kier alpha value is -1.68. The van der Waals surface area contributed by atoms with E-state index in [9.17, 15) is 4.79 Å². The molecule has 0 aliphatic rings. The van der Waals surface area contributed by atoms with Gasteiger partial charge in [-0.1, -0.05) is 23.9 Å². The quantitative estimate of drug-likeness (QED) is 0.486. The Morgan fingerprint density at radius 2 is 1.79 bits per heavy atom. The third-order valence-corrected chi connectivity index (χ3v) is 3.79. The Kier molecular flexibility index (Phi) is 4.32. The Morgan fingerprint density at radius 3 is 2.42 bits per heavy atom. The molecule has 3 nitrogen and oxygen atoms in total. The molecule has 0 fully saturated rings. The summed E-state index contributed by atoms with van der Waals surface area (Å²) >= 11 is 1.37. The minimum atomic E-state index is 0.109. The van der Waals surface area contributed by atoms with Crippen LogP contribution in [0.3, 0.4) is 0 Å². The predicted molar refractivity (Wildman–Crippen MR) is 77.7 cm³/mol. The molecule has 0 saturated heterocycles. The number of Topliss-reactive ketones (excluding diaryl/α,β-unsaturated/α-hetero) is 1. The second kappa shape index (κ2) is 5.97. The van der Waals surface area contributed by atoms with Gasteiger partial charge in [0.05, 0.1) is 5.75 Å². The normalized spacial score (nSPS) is 10.5. The minimum absolute atomic E-state index is 0.109. The Bertz CT molecular complexity index is 594. The van der Waals surface area contributed by atoms with Crippen LogP contribution in [0.15, 0.2) is 35.7 Å². The topological polar surface area (TPSA) is 42.9 Å². The monoisotopic (exact) mass is 272 g/mol. The molecule has 19 heavy (non-hydrogen) atoms. The van der Waals surface area contributed by atoms with Gasteiger partial charge in [0, 0.05) is 18.0 Å². The molecule has 0 amide bonds.